The van der Waals surface area contributed by atoms with Crippen molar-refractivity contribution in [1.82, 2.24) is 30.2 Å². The van der Waals surface area contributed by atoms with E-state index < -0.39 is 5.97 Å². The van der Waals surface area contributed by atoms with Gasteiger partial charge in [-0.15, -0.1) is 10.2 Å². The van der Waals surface area contributed by atoms with Crippen molar-refractivity contribution in [3.05, 3.63) is 17.6 Å². The number of aliphatic hydroxyl groups excluding tert-OH is 1. The monoisotopic (exact) mass is 350 g/mol. The van der Waals surface area contributed by atoms with Gasteiger partial charge in [-0.05, 0) is 12.1 Å². The van der Waals surface area contributed by atoms with Crippen molar-refractivity contribution in [2.45, 2.75) is 25.7 Å². The summed E-state index contributed by atoms with van der Waals surface area (Å²) in [5, 5.41) is 21.2. The van der Waals surface area contributed by atoms with Crippen LogP contribution in [-0.2, 0) is 20.8 Å². The number of methoxy groups -OCH3 is 1. The Balaban J connectivity index is 1.71. The van der Waals surface area contributed by atoms with Crippen LogP contribution in [0.2, 0.25) is 0 Å². The van der Waals surface area contributed by atoms with Crippen molar-refractivity contribution in [3.8, 4) is 11.5 Å². The highest BCUT2D eigenvalue weighted by Gasteiger charge is 2.23. The first-order valence-corrected chi connectivity index (χ1v) is 7.65. The lowest BCUT2D eigenvalue weighted by Gasteiger charge is -2.27. The SMILES string of the molecule is COC(=O)c1cc(-c2nnn(CC3COC(CO)CO3)n2)nc(C)n1. The van der Waals surface area contributed by atoms with E-state index in [-0.39, 0.29) is 30.3 Å². The summed E-state index contributed by atoms with van der Waals surface area (Å²) in [6.07, 6.45) is -0.529. The number of carbonyl (C=O) groups is 1. The second kappa shape index (κ2) is 7.59. The molecule has 0 saturated carbocycles. The topological polar surface area (TPSA) is 134 Å². The molecule has 25 heavy (non-hydrogen) atoms. The largest absolute Gasteiger partial charge is 0.464 e. The zero-order chi connectivity index (χ0) is 17.8. The molecule has 11 heteroatoms. The van der Waals surface area contributed by atoms with Crippen molar-refractivity contribution in [2.24, 2.45) is 0 Å². The molecule has 11 nitrogen and oxygen atoms in total. The molecule has 134 valence electrons. The van der Waals surface area contributed by atoms with Gasteiger partial charge in [0.2, 0.25) is 5.82 Å². The average molecular weight is 350 g/mol. The molecule has 1 N–H and O–H groups in total. The van der Waals surface area contributed by atoms with E-state index in [9.17, 15) is 4.79 Å². The smallest absolute Gasteiger partial charge is 0.356 e. The minimum atomic E-state index is -0.565. The molecule has 3 heterocycles. The molecular formula is C14H18N6O5. The average Bonchev–Trinajstić information content (AvgIpc) is 3.09. The number of tetrazole rings is 1. The van der Waals surface area contributed by atoms with Crippen LogP contribution in [0.4, 0.5) is 0 Å². The summed E-state index contributed by atoms with van der Waals surface area (Å²) in [4.78, 5) is 21.3. The summed E-state index contributed by atoms with van der Waals surface area (Å²) in [5.74, 6) is 0.0965. The second-order valence-corrected chi connectivity index (χ2v) is 5.44. The number of carbonyl (C=O) groups excluding carboxylic acids is 1. The second-order valence-electron chi connectivity index (χ2n) is 5.44. The number of nitrogens with zero attached hydrogens (tertiary/aromatic N) is 6. The Morgan fingerprint density at radius 2 is 2.12 bits per heavy atom. The minimum Gasteiger partial charge on any atom is -0.464 e. The van der Waals surface area contributed by atoms with Crippen LogP contribution in [0.3, 0.4) is 0 Å². The number of esters is 1. The lowest BCUT2D eigenvalue weighted by atomic mass is 10.3. The van der Waals surface area contributed by atoms with E-state index in [0.717, 1.165) is 0 Å². The maximum absolute atomic E-state index is 11.6. The summed E-state index contributed by atoms with van der Waals surface area (Å²) in [5.41, 5.74) is 0.501. The molecule has 2 aromatic heterocycles. The van der Waals surface area contributed by atoms with Crippen molar-refractivity contribution >= 4 is 5.97 Å². The van der Waals surface area contributed by atoms with Gasteiger partial charge in [-0.2, -0.15) is 4.80 Å². The normalized spacial score (nSPS) is 20.4. The fraction of sp³-hybridized carbons (Fsp3) is 0.571. The van der Waals surface area contributed by atoms with Crippen LogP contribution >= 0.6 is 0 Å². The molecule has 0 aliphatic carbocycles. The molecule has 0 radical (unpaired) electrons. The zero-order valence-electron chi connectivity index (χ0n) is 13.8. The van der Waals surface area contributed by atoms with Gasteiger partial charge >= 0.3 is 5.97 Å². The van der Waals surface area contributed by atoms with Crippen LogP contribution in [0, 0.1) is 6.92 Å². The van der Waals surface area contributed by atoms with E-state index in [4.69, 9.17) is 14.6 Å². The molecule has 1 fully saturated rings. The highest BCUT2D eigenvalue weighted by atomic mass is 16.6. The van der Waals surface area contributed by atoms with E-state index in [2.05, 4.69) is 30.1 Å². The molecule has 1 aliphatic heterocycles. The number of aliphatic hydroxyl groups is 1. The third-order valence-electron chi connectivity index (χ3n) is 3.52. The van der Waals surface area contributed by atoms with Gasteiger partial charge in [-0.1, -0.05) is 0 Å². The number of ether oxygens (including phenoxy) is 3. The number of rotatable bonds is 5. The van der Waals surface area contributed by atoms with E-state index in [1.807, 2.05) is 0 Å². The van der Waals surface area contributed by atoms with Gasteiger partial charge in [-0.3, -0.25) is 0 Å². The Hall–Kier alpha value is -2.50. The Labute approximate surface area is 142 Å². The standard InChI is InChI=1S/C14H18N6O5/c1-8-15-11(3-12(16-8)14(22)23-2)13-17-19-20(18-13)4-9-6-25-10(5-21)7-24-9/h3,9-10,21H,4-7H2,1-2H3. The molecular weight excluding hydrogens is 332 g/mol. The summed E-state index contributed by atoms with van der Waals surface area (Å²) >= 11 is 0. The highest BCUT2D eigenvalue weighted by Crippen LogP contribution is 2.14. The van der Waals surface area contributed by atoms with Crippen LogP contribution in [0.25, 0.3) is 11.5 Å². The van der Waals surface area contributed by atoms with E-state index in [1.54, 1.807) is 6.92 Å². The maximum atomic E-state index is 11.6. The Morgan fingerprint density at radius 1 is 1.36 bits per heavy atom. The Morgan fingerprint density at radius 3 is 2.80 bits per heavy atom. The fourth-order valence-corrected chi connectivity index (χ4v) is 2.29. The molecule has 0 amide bonds. The molecule has 0 aromatic carbocycles. The molecule has 1 saturated heterocycles. The van der Waals surface area contributed by atoms with Crippen molar-refractivity contribution < 1.29 is 24.1 Å². The van der Waals surface area contributed by atoms with Gasteiger partial charge in [-0.25, -0.2) is 14.8 Å². The number of aromatic nitrogens is 6. The molecule has 2 unspecified atom stereocenters. The first-order valence-electron chi connectivity index (χ1n) is 7.65. The molecule has 0 bridgehead atoms. The van der Waals surface area contributed by atoms with Gasteiger partial charge in [0.15, 0.2) is 5.69 Å². The van der Waals surface area contributed by atoms with Crippen LogP contribution in [0.15, 0.2) is 6.07 Å². The third-order valence-corrected chi connectivity index (χ3v) is 3.52. The quantitative estimate of drug-likeness (QED) is 0.669. The first-order chi connectivity index (χ1) is 12.1. The van der Waals surface area contributed by atoms with Crippen LogP contribution in [-0.4, -0.2) is 80.4 Å². The third kappa shape index (κ3) is 4.13. The molecule has 1 aliphatic rings. The van der Waals surface area contributed by atoms with Gasteiger partial charge < -0.3 is 19.3 Å². The van der Waals surface area contributed by atoms with Crippen molar-refractivity contribution in [1.29, 1.82) is 0 Å². The van der Waals surface area contributed by atoms with Gasteiger partial charge in [0.1, 0.15) is 23.7 Å². The number of hydrogen-bond acceptors (Lipinski definition) is 10. The summed E-state index contributed by atoms with van der Waals surface area (Å²) < 4.78 is 15.7. The lowest BCUT2D eigenvalue weighted by molar-refractivity contribution is -0.150. The van der Waals surface area contributed by atoms with E-state index in [0.29, 0.717) is 31.3 Å². The van der Waals surface area contributed by atoms with Gasteiger partial charge in [0, 0.05) is 6.07 Å². The molecule has 2 aromatic rings. The summed E-state index contributed by atoms with van der Waals surface area (Å²) in [7, 11) is 1.28. The Kier molecular flexibility index (Phi) is 5.26. The summed E-state index contributed by atoms with van der Waals surface area (Å²) in [6, 6.07) is 1.45. The number of hydrogen-bond donors (Lipinski definition) is 1. The molecule has 3 rings (SSSR count). The van der Waals surface area contributed by atoms with Crippen molar-refractivity contribution in [3.63, 3.8) is 0 Å². The van der Waals surface area contributed by atoms with E-state index in [1.165, 1.54) is 18.0 Å². The minimum absolute atomic E-state index is 0.0754. The van der Waals surface area contributed by atoms with Crippen molar-refractivity contribution in [2.75, 3.05) is 26.9 Å². The molecule has 2 atom stereocenters. The molecule has 0 spiro atoms. The van der Waals surface area contributed by atoms with Crippen LogP contribution < -0.4 is 0 Å². The van der Waals surface area contributed by atoms with E-state index >= 15 is 0 Å². The first kappa shape index (κ1) is 17.3. The highest BCUT2D eigenvalue weighted by molar-refractivity contribution is 5.88. The maximum Gasteiger partial charge on any atom is 0.356 e. The van der Waals surface area contributed by atoms with Gasteiger partial charge in [0.05, 0.1) is 33.5 Å². The van der Waals surface area contributed by atoms with Gasteiger partial charge in [0.25, 0.3) is 0 Å². The van der Waals surface area contributed by atoms with Crippen LogP contribution in [0.5, 0.6) is 0 Å². The predicted molar refractivity (Wildman–Crippen MR) is 81.5 cm³/mol. The lowest BCUT2D eigenvalue weighted by Crippen LogP contribution is -2.40. The summed E-state index contributed by atoms with van der Waals surface area (Å²) in [6.45, 7) is 2.58. The predicted octanol–water partition coefficient (Wildman–Crippen LogP) is -0.999. The Bertz CT molecular complexity index is 743. The number of aryl methyl sites for hydroxylation is 1. The fourth-order valence-electron chi connectivity index (χ4n) is 2.29. The van der Waals surface area contributed by atoms with Crippen LogP contribution in [0.1, 0.15) is 16.3 Å². The zero-order valence-corrected chi connectivity index (χ0v) is 13.8.